The zero-order valence-corrected chi connectivity index (χ0v) is 18.3. The number of hydrogen-bond acceptors (Lipinski definition) is 4. The van der Waals surface area contributed by atoms with Crippen LogP contribution in [0, 0.1) is 12.7 Å². The molecule has 7 nitrogen and oxygen atoms in total. The third-order valence-electron chi connectivity index (χ3n) is 4.60. The molecule has 0 atom stereocenters. The van der Waals surface area contributed by atoms with Crippen LogP contribution < -0.4 is 20.8 Å². The second kappa shape index (κ2) is 11.1. The lowest BCUT2D eigenvalue weighted by atomic mass is 10.1. The normalized spacial score (nSPS) is 11.5. The van der Waals surface area contributed by atoms with Crippen molar-refractivity contribution < 1.29 is 31.9 Å². The van der Waals surface area contributed by atoms with Gasteiger partial charge in [0.1, 0.15) is 11.6 Å². The lowest BCUT2D eigenvalue weighted by Gasteiger charge is -2.12. The minimum absolute atomic E-state index is 0.125. The number of carbonyl (C=O) groups is 2. The number of rotatable bonds is 7. The number of aryl methyl sites for hydroxylation is 1. The predicted molar refractivity (Wildman–Crippen MR) is 122 cm³/mol. The van der Waals surface area contributed by atoms with Gasteiger partial charge in [0.2, 0.25) is 0 Å². The zero-order valence-electron chi connectivity index (χ0n) is 18.3. The second-order valence-corrected chi connectivity index (χ2v) is 7.20. The van der Waals surface area contributed by atoms with E-state index in [0.717, 1.165) is 17.7 Å². The number of urea groups is 1. The van der Waals surface area contributed by atoms with Crippen molar-refractivity contribution >= 4 is 23.3 Å². The highest BCUT2D eigenvalue weighted by Crippen LogP contribution is 2.23. The molecule has 0 aliphatic carbocycles. The van der Waals surface area contributed by atoms with E-state index in [-0.39, 0.29) is 23.9 Å². The van der Waals surface area contributed by atoms with Gasteiger partial charge in [-0.15, -0.1) is 13.2 Å². The molecule has 3 N–H and O–H groups in total. The summed E-state index contributed by atoms with van der Waals surface area (Å²) in [5.74, 6) is -1.36. The van der Waals surface area contributed by atoms with Gasteiger partial charge < -0.3 is 15.4 Å². The highest BCUT2D eigenvalue weighted by molar-refractivity contribution is 6.06. The van der Waals surface area contributed by atoms with Crippen molar-refractivity contribution in [1.82, 2.24) is 10.7 Å². The Bertz CT molecular complexity index is 1230. The molecule has 3 aromatic rings. The van der Waals surface area contributed by atoms with Crippen molar-refractivity contribution in [1.29, 1.82) is 0 Å². The monoisotopic (exact) mass is 488 g/mol. The van der Waals surface area contributed by atoms with E-state index in [4.69, 9.17) is 0 Å². The molecular formula is C24H20F4N4O3. The molecule has 0 spiro atoms. The van der Waals surface area contributed by atoms with Gasteiger partial charge in [-0.05, 0) is 55.0 Å². The molecule has 3 rings (SSSR count). The molecule has 0 bridgehead atoms. The summed E-state index contributed by atoms with van der Waals surface area (Å²) in [6.45, 7) is 1.66. The molecular weight excluding hydrogens is 468 g/mol. The molecule has 0 aliphatic rings. The van der Waals surface area contributed by atoms with Gasteiger partial charge in [-0.2, -0.15) is 5.10 Å². The molecule has 35 heavy (non-hydrogen) atoms. The van der Waals surface area contributed by atoms with Crippen LogP contribution >= 0.6 is 0 Å². The Labute approximate surface area is 197 Å². The number of nitrogens with one attached hydrogen (secondary N) is 3. The largest absolute Gasteiger partial charge is 0.573 e. The Kier molecular flexibility index (Phi) is 8.03. The smallest absolute Gasteiger partial charge is 0.406 e. The lowest BCUT2D eigenvalue weighted by Crippen LogP contribution is -2.33. The minimum atomic E-state index is -4.83. The molecule has 0 fully saturated rings. The van der Waals surface area contributed by atoms with Gasteiger partial charge in [-0.1, -0.05) is 30.3 Å². The number of alkyl halides is 3. The van der Waals surface area contributed by atoms with Crippen LogP contribution in [-0.4, -0.2) is 30.6 Å². The van der Waals surface area contributed by atoms with Crippen LogP contribution in [0.5, 0.6) is 5.75 Å². The molecule has 0 unspecified atom stereocenters. The first kappa shape index (κ1) is 25.2. The summed E-state index contributed by atoms with van der Waals surface area (Å²) in [4.78, 5) is 24.8. The molecule has 0 aromatic heterocycles. The van der Waals surface area contributed by atoms with Crippen molar-refractivity contribution in [2.24, 2.45) is 5.10 Å². The Balaban J connectivity index is 1.69. The highest BCUT2D eigenvalue weighted by Gasteiger charge is 2.31. The number of anilines is 1. The molecule has 0 heterocycles. The summed E-state index contributed by atoms with van der Waals surface area (Å²) in [5.41, 5.74) is 4.10. The Morgan fingerprint density at radius 2 is 1.69 bits per heavy atom. The van der Waals surface area contributed by atoms with Gasteiger partial charge in [0.15, 0.2) is 0 Å². The van der Waals surface area contributed by atoms with Gasteiger partial charge in [0.25, 0.3) is 5.91 Å². The van der Waals surface area contributed by atoms with Gasteiger partial charge in [-0.25, -0.2) is 14.6 Å². The maximum absolute atomic E-state index is 13.7. The van der Waals surface area contributed by atoms with Crippen LogP contribution in [0.15, 0.2) is 77.9 Å². The van der Waals surface area contributed by atoms with Crippen molar-refractivity contribution in [2.45, 2.75) is 13.3 Å². The molecule has 0 saturated carbocycles. The van der Waals surface area contributed by atoms with Gasteiger partial charge >= 0.3 is 12.4 Å². The van der Waals surface area contributed by atoms with Gasteiger partial charge in [-0.3, -0.25) is 4.79 Å². The fourth-order valence-corrected chi connectivity index (χ4v) is 2.98. The molecule has 3 amide bonds. The van der Waals surface area contributed by atoms with Crippen molar-refractivity contribution in [2.75, 3.05) is 11.9 Å². The third kappa shape index (κ3) is 7.84. The topological polar surface area (TPSA) is 91.8 Å². The first-order chi connectivity index (χ1) is 16.6. The van der Waals surface area contributed by atoms with E-state index in [0.29, 0.717) is 11.1 Å². The summed E-state index contributed by atoms with van der Waals surface area (Å²) >= 11 is 0. The van der Waals surface area contributed by atoms with Crippen LogP contribution in [0.2, 0.25) is 0 Å². The van der Waals surface area contributed by atoms with E-state index in [1.807, 2.05) is 0 Å². The number of halogens is 4. The number of nitrogens with zero attached hydrogens (tertiary/aromatic N) is 1. The van der Waals surface area contributed by atoms with E-state index in [1.165, 1.54) is 30.3 Å². The molecule has 11 heteroatoms. The number of hydrazone groups is 1. The molecule has 3 aromatic carbocycles. The first-order valence-electron chi connectivity index (χ1n) is 10.2. The van der Waals surface area contributed by atoms with E-state index >= 15 is 0 Å². The standard InChI is InChI=1S/C24H20F4N4O3/c1-15-5-2-3-8-20(15)22(33)29-14-21(16-6-4-7-17(25)13-16)31-32-23(34)30-18-9-11-19(12-10-18)35-24(26,27)28/h2-13H,14H2,1H3,(H,29,33)(H2,30,32,34)/b31-21-. The average molecular weight is 488 g/mol. The predicted octanol–water partition coefficient (Wildman–Crippen LogP) is 4.99. The van der Waals surface area contributed by atoms with Crippen LogP contribution in [-0.2, 0) is 0 Å². The van der Waals surface area contributed by atoms with Crippen LogP contribution in [0.3, 0.4) is 0 Å². The molecule has 0 aliphatic heterocycles. The number of amides is 3. The van der Waals surface area contributed by atoms with E-state index < -0.39 is 24.0 Å². The van der Waals surface area contributed by atoms with E-state index in [1.54, 1.807) is 37.3 Å². The lowest BCUT2D eigenvalue weighted by molar-refractivity contribution is -0.274. The maximum Gasteiger partial charge on any atom is 0.573 e. The fraction of sp³-hybridized carbons (Fsp3) is 0.125. The third-order valence-corrected chi connectivity index (χ3v) is 4.60. The molecule has 0 saturated heterocycles. The zero-order chi connectivity index (χ0) is 25.4. The minimum Gasteiger partial charge on any atom is -0.406 e. The maximum atomic E-state index is 13.7. The fourth-order valence-electron chi connectivity index (χ4n) is 2.98. The molecule has 0 radical (unpaired) electrons. The number of benzene rings is 3. The van der Waals surface area contributed by atoms with Crippen LogP contribution in [0.25, 0.3) is 0 Å². The summed E-state index contributed by atoms with van der Waals surface area (Å²) in [7, 11) is 0. The van der Waals surface area contributed by atoms with Gasteiger partial charge in [0, 0.05) is 16.8 Å². The number of hydrogen-bond donors (Lipinski definition) is 3. The number of carbonyl (C=O) groups excluding carboxylic acids is 2. The Hall–Kier alpha value is -4.41. The van der Waals surface area contributed by atoms with Crippen LogP contribution in [0.1, 0.15) is 21.5 Å². The van der Waals surface area contributed by atoms with E-state index in [9.17, 15) is 27.2 Å². The Morgan fingerprint density at radius 1 is 0.971 bits per heavy atom. The highest BCUT2D eigenvalue weighted by atomic mass is 19.4. The average Bonchev–Trinajstić information content (AvgIpc) is 2.79. The van der Waals surface area contributed by atoms with Crippen molar-refractivity contribution in [3.8, 4) is 5.75 Å². The summed E-state index contributed by atoms with van der Waals surface area (Å²) < 4.78 is 54.3. The van der Waals surface area contributed by atoms with E-state index in [2.05, 4.69) is 25.9 Å². The number of ether oxygens (including phenoxy) is 1. The van der Waals surface area contributed by atoms with Crippen molar-refractivity contribution in [3.05, 3.63) is 95.3 Å². The SMILES string of the molecule is Cc1ccccc1C(=O)NC/C(=N/NC(=O)Nc1ccc(OC(F)(F)F)cc1)c1cccc(F)c1. The van der Waals surface area contributed by atoms with Gasteiger partial charge in [0.05, 0.1) is 12.3 Å². The summed E-state index contributed by atoms with van der Waals surface area (Å²) in [6, 6.07) is 16.1. The first-order valence-corrected chi connectivity index (χ1v) is 10.2. The quantitative estimate of drug-likeness (QED) is 0.249. The van der Waals surface area contributed by atoms with Crippen molar-refractivity contribution in [3.63, 3.8) is 0 Å². The molecule has 182 valence electrons. The van der Waals surface area contributed by atoms with Crippen LogP contribution in [0.4, 0.5) is 28.0 Å². The summed E-state index contributed by atoms with van der Waals surface area (Å²) in [6.07, 6.45) is -4.83. The Morgan fingerprint density at radius 3 is 2.34 bits per heavy atom. The second-order valence-electron chi connectivity index (χ2n) is 7.20. The summed E-state index contributed by atoms with van der Waals surface area (Å²) in [5, 5.41) is 9.06.